The van der Waals surface area contributed by atoms with Gasteiger partial charge in [0.25, 0.3) is 0 Å². The summed E-state index contributed by atoms with van der Waals surface area (Å²) in [6.07, 6.45) is 0.878. The van der Waals surface area contributed by atoms with Crippen LogP contribution in [-0.2, 0) is 13.5 Å². The Labute approximate surface area is 117 Å². The molecular formula is C13H18ClN3S. The Balaban J connectivity index is 2.24. The number of nitrogens with zero attached hydrogens (tertiary/aromatic N) is 2. The quantitative estimate of drug-likeness (QED) is 0.912. The van der Waals surface area contributed by atoms with Crippen molar-refractivity contribution in [3.8, 4) is 0 Å². The molecule has 0 spiro atoms. The van der Waals surface area contributed by atoms with Crippen molar-refractivity contribution in [1.82, 2.24) is 15.1 Å². The van der Waals surface area contributed by atoms with Crippen molar-refractivity contribution in [2.75, 3.05) is 6.54 Å². The largest absolute Gasteiger partial charge is 0.310 e. The maximum atomic E-state index is 6.29. The van der Waals surface area contributed by atoms with Crippen LogP contribution < -0.4 is 5.32 Å². The van der Waals surface area contributed by atoms with E-state index in [4.69, 9.17) is 11.6 Å². The fourth-order valence-electron chi connectivity index (χ4n) is 2.14. The van der Waals surface area contributed by atoms with E-state index in [1.165, 1.54) is 5.56 Å². The van der Waals surface area contributed by atoms with Gasteiger partial charge < -0.3 is 5.32 Å². The van der Waals surface area contributed by atoms with Crippen molar-refractivity contribution >= 4 is 22.9 Å². The molecule has 2 heterocycles. The van der Waals surface area contributed by atoms with Crippen molar-refractivity contribution < 1.29 is 0 Å². The standard InChI is InChI=1S/C13H18ClN3S/c1-4-15-12(10-5-6-18-8-10)7-11-9(2)16-17(3)13(11)14/h5-6,8,12,15H,4,7H2,1-3H3. The van der Waals surface area contributed by atoms with Crippen LogP contribution in [0.1, 0.15) is 29.8 Å². The van der Waals surface area contributed by atoms with Crippen LogP contribution in [-0.4, -0.2) is 16.3 Å². The fraction of sp³-hybridized carbons (Fsp3) is 0.462. The first-order chi connectivity index (χ1) is 8.63. The van der Waals surface area contributed by atoms with Crippen LogP contribution in [0.2, 0.25) is 5.15 Å². The molecule has 0 radical (unpaired) electrons. The maximum Gasteiger partial charge on any atom is 0.130 e. The van der Waals surface area contributed by atoms with Gasteiger partial charge in [0.1, 0.15) is 5.15 Å². The predicted octanol–water partition coefficient (Wildman–Crippen LogP) is 3.34. The van der Waals surface area contributed by atoms with Gasteiger partial charge in [0.05, 0.1) is 5.69 Å². The molecule has 1 unspecified atom stereocenters. The molecule has 0 saturated carbocycles. The molecule has 98 valence electrons. The van der Waals surface area contributed by atoms with Crippen LogP contribution in [0.15, 0.2) is 16.8 Å². The predicted molar refractivity (Wildman–Crippen MR) is 77.4 cm³/mol. The van der Waals surface area contributed by atoms with Crippen molar-refractivity contribution in [1.29, 1.82) is 0 Å². The van der Waals surface area contributed by atoms with Gasteiger partial charge >= 0.3 is 0 Å². The van der Waals surface area contributed by atoms with Crippen molar-refractivity contribution in [2.45, 2.75) is 26.3 Å². The first kappa shape index (κ1) is 13.6. The minimum absolute atomic E-state index is 0.307. The molecule has 5 heteroatoms. The highest BCUT2D eigenvalue weighted by molar-refractivity contribution is 7.07. The highest BCUT2D eigenvalue weighted by Crippen LogP contribution is 2.26. The van der Waals surface area contributed by atoms with Gasteiger partial charge in [0.2, 0.25) is 0 Å². The Morgan fingerprint density at radius 3 is 2.83 bits per heavy atom. The Morgan fingerprint density at radius 2 is 2.33 bits per heavy atom. The molecule has 0 bridgehead atoms. The SMILES string of the molecule is CCNC(Cc1c(C)nn(C)c1Cl)c1ccsc1. The van der Waals surface area contributed by atoms with E-state index < -0.39 is 0 Å². The summed E-state index contributed by atoms with van der Waals surface area (Å²) in [5.74, 6) is 0. The Morgan fingerprint density at radius 1 is 1.56 bits per heavy atom. The third kappa shape index (κ3) is 2.76. The van der Waals surface area contributed by atoms with Gasteiger partial charge in [0.15, 0.2) is 0 Å². The minimum Gasteiger partial charge on any atom is -0.310 e. The average molecular weight is 284 g/mol. The van der Waals surface area contributed by atoms with Gasteiger partial charge in [-0.25, -0.2) is 0 Å². The summed E-state index contributed by atoms with van der Waals surface area (Å²) in [5, 5.41) is 12.9. The van der Waals surface area contributed by atoms with E-state index in [0.717, 1.165) is 29.4 Å². The summed E-state index contributed by atoms with van der Waals surface area (Å²) in [6.45, 7) is 5.08. The molecule has 3 nitrogen and oxygen atoms in total. The number of thiophene rings is 1. The van der Waals surface area contributed by atoms with Crippen molar-refractivity contribution in [3.63, 3.8) is 0 Å². The number of aryl methyl sites for hydroxylation is 2. The summed E-state index contributed by atoms with van der Waals surface area (Å²) < 4.78 is 1.74. The molecule has 2 aromatic heterocycles. The van der Waals surface area contributed by atoms with Crippen LogP contribution in [0.5, 0.6) is 0 Å². The summed E-state index contributed by atoms with van der Waals surface area (Å²) in [7, 11) is 1.88. The molecule has 0 aliphatic carbocycles. The number of nitrogens with one attached hydrogen (secondary N) is 1. The van der Waals surface area contributed by atoms with Gasteiger partial charge in [-0.05, 0) is 42.3 Å². The lowest BCUT2D eigenvalue weighted by molar-refractivity contribution is 0.550. The highest BCUT2D eigenvalue weighted by Gasteiger charge is 2.18. The van der Waals surface area contributed by atoms with Crippen LogP contribution >= 0.6 is 22.9 Å². The van der Waals surface area contributed by atoms with E-state index in [-0.39, 0.29) is 0 Å². The number of likely N-dealkylation sites (N-methyl/N-ethyl adjacent to an activating group) is 1. The maximum absolute atomic E-state index is 6.29. The van der Waals surface area contributed by atoms with Gasteiger partial charge in [-0.15, -0.1) is 0 Å². The molecule has 0 aliphatic rings. The molecule has 1 atom stereocenters. The molecule has 0 amide bonds. The van der Waals surface area contributed by atoms with Crippen LogP contribution in [0.3, 0.4) is 0 Å². The Bertz CT molecular complexity index is 505. The second-order valence-corrected chi connectivity index (χ2v) is 5.49. The second-order valence-electron chi connectivity index (χ2n) is 4.35. The number of halogens is 1. The van der Waals surface area contributed by atoms with Gasteiger partial charge in [-0.2, -0.15) is 16.4 Å². The van der Waals surface area contributed by atoms with Crippen LogP contribution in [0, 0.1) is 6.92 Å². The third-order valence-corrected chi connectivity index (χ3v) is 4.25. The molecule has 18 heavy (non-hydrogen) atoms. The van der Waals surface area contributed by atoms with Crippen LogP contribution in [0.25, 0.3) is 0 Å². The molecule has 2 rings (SSSR count). The third-order valence-electron chi connectivity index (χ3n) is 3.07. The molecule has 0 fully saturated rings. The lowest BCUT2D eigenvalue weighted by Gasteiger charge is -2.16. The number of aromatic nitrogens is 2. The molecule has 0 aromatic carbocycles. The van der Waals surface area contributed by atoms with E-state index in [0.29, 0.717) is 6.04 Å². The zero-order valence-electron chi connectivity index (χ0n) is 10.9. The topological polar surface area (TPSA) is 29.9 Å². The van der Waals surface area contributed by atoms with Gasteiger partial charge in [0, 0.05) is 18.7 Å². The van der Waals surface area contributed by atoms with Gasteiger partial charge in [-0.1, -0.05) is 18.5 Å². The number of rotatable bonds is 5. The summed E-state index contributed by atoms with van der Waals surface area (Å²) in [4.78, 5) is 0. The molecular weight excluding hydrogens is 266 g/mol. The van der Waals surface area contributed by atoms with Gasteiger partial charge in [-0.3, -0.25) is 4.68 Å². The summed E-state index contributed by atoms with van der Waals surface area (Å²) in [6, 6.07) is 2.47. The Kier molecular flexibility index (Phi) is 4.43. The summed E-state index contributed by atoms with van der Waals surface area (Å²) in [5.41, 5.74) is 3.47. The smallest absolute Gasteiger partial charge is 0.130 e. The van der Waals surface area contributed by atoms with Crippen molar-refractivity contribution in [3.05, 3.63) is 38.8 Å². The molecule has 0 aliphatic heterocycles. The van der Waals surface area contributed by atoms with E-state index in [1.54, 1.807) is 16.0 Å². The fourth-order valence-corrected chi connectivity index (χ4v) is 3.10. The molecule has 1 N–H and O–H groups in total. The zero-order chi connectivity index (χ0) is 13.1. The monoisotopic (exact) mass is 283 g/mol. The number of hydrogen-bond donors (Lipinski definition) is 1. The minimum atomic E-state index is 0.307. The van der Waals surface area contributed by atoms with E-state index >= 15 is 0 Å². The highest BCUT2D eigenvalue weighted by atomic mass is 35.5. The molecule has 2 aromatic rings. The average Bonchev–Trinajstić information content (AvgIpc) is 2.93. The Hall–Kier alpha value is -0.840. The van der Waals surface area contributed by atoms with E-state index in [2.05, 4.69) is 34.2 Å². The van der Waals surface area contributed by atoms with Crippen molar-refractivity contribution in [2.24, 2.45) is 7.05 Å². The van der Waals surface area contributed by atoms with E-state index in [1.807, 2.05) is 14.0 Å². The lowest BCUT2D eigenvalue weighted by Crippen LogP contribution is -2.22. The number of hydrogen-bond acceptors (Lipinski definition) is 3. The first-order valence-corrected chi connectivity index (χ1v) is 7.39. The van der Waals surface area contributed by atoms with E-state index in [9.17, 15) is 0 Å². The molecule has 0 saturated heterocycles. The second kappa shape index (κ2) is 5.87. The lowest BCUT2D eigenvalue weighted by atomic mass is 10.0. The first-order valence-electron chi connectivity index (χ1n) is 6.07. The summed E-state index contributed by atoms with van der Waals surface area (Å²) >= 11 is 8.02. The normalized spacial score (nSPS) is 12.9. The van der Waals surface area contributed by atoms with Crippen LogP contribution in [0.4, 0.5) is 0 Å². The zero-order valence-corrected chi connectivity index (χ0v) is 12.5.